The van der Waals surface area contributed by atoms with E-state index in [4.69, 9.17) is 32.5 Å². The summed E-state index contributed by atoms with van der Waals surface area (Å²) in [6.45, 7) is 15.9. The summed E-state index contributed by atoms with van der Waals surface area (Å²) in [6.07, 6.45) is -0.296. The third-order valence-corrected chi connectivity index (χ3v) is 10.6. The molecular weight excluding hydrogens is 1100 g/mol. The van der Waals surface area contributed by atoms with Crippen LogP contribution in [-0.4, -0.2) is 129 Å². The number of benzene rings is 4. The predicted molar refractivity (Wildman–Crippen MR) is 332 cm³/mol. The van der Waals surface area contributed by atoms with E-state index in [0.717, 1.165) is 18.5 Å². The van der Waals surface area contributed by atoms with Gasteiger partial charge in [-0.2, -0.15) is 0 Å². The molecule has 0 saturated carbocycles. The summed E-state index contributed by atoms with van der Waals surface area (Å²) in [5, 5.41) is 27.4. The van der Waals surface area contributed by atoms with Crippen molar-refractivity contribution in [3.05, 3.63) is 97.1 Å². The van der Waals surface area contributed by atoms with Gasteiger partial charge in [0.05, 0.1) is 50.2 Å². The standard InChI is InChI=1S/C28H38N4O7.C20H29N3O7.C8H11NO.C4H11N.CH4/c1-6-38-20-13-11-12-19(18-20)29-25(34)23(32-26(35)37-5)16-9-10-17-24(33)30-21-14-7-8-15-22(21)31-27(36)39-28(2,3)4;1-20(2,3)30-19(28)22-14-10-6-5-9-13(14)21-16(24)12-8-7-11-15(17(25)26)23-18(27)29-4;1-2-10-8-5-3-4-7(9)6-8;1-4-5(2)3;/h7-8,11-15,18,23H,6,9-10,16-17H2,1-5H3,(H,29,34)(H,30,33)(H,31,36)(H,32,35);5-6,9-10,15H,7-8,11-12H2,1-4H3,(H,21,24)(H,22,28)(H,23,27)(H,25,26);3-6H,2,9H2,1H3;4H2,1-3H3;1H4/i;;;4TD;. The zero-order chi connectivity index (χ0) is 65.0. The number of rotatable bonds is 24. The normalized spacial score (nSPS) is 12.2. The van der Waals surface area contributed by atoms with Crippen molar-refractivity contribution in [2.24, 2.45) is 0 Å². The van der Waals surface area contributed by atoms with E-state index in [9.17, 15) is 38.4 Å². The van der Waals surface area contributed by atoms with Crippen LogP contribution in [0.1, 0.15) is 124 Å². The minimum absolute atomic E-state index is 0. The smallest absolute Gasteiger partial charge is 0.412 e. The molecule has 10 N–H and O–H groups in total. The lowest BCUT2D eigenvalue weighted by Crippen LogP contribution is -2.43. The molecule has 85 heavy (non-hydrogen) atoms. The van der Waals surface area contributed by atoms with E-state index < -0.39 is 66.0 Å². The van der Waals surface area contributed by atoms with Crippen LogP contribution in [-0.2, 0) is 38.1 Å². The monoisotopic (exact) mass is 1190 g/mol. The Labute approximate surface area is 504 Å². The number of para-hydroxylation sites is 4. The molecular formula is C61H93N9O15. The summed E-state index contributed by atoms with van der Waals surface area (Å²) in [4.78, 5) is 97.4. The molecule has 0 fully saturated rings. The van der Waals surface area contributed by atoms with Gasteiger partial charge in [0.1, 0.15) is 34.8 Å². The zero-order valence-corrected chi connectivity index (χ0v) is 50.7. The van der Waals surface area contributed by atoms with Crippen LogP contribution < -0.4 is 52.4 Å². The highest BCUT2D eigenvalue weighted by atomic mass is 16.6. The highest BCUT2D eigenvalue weighted by Gasteiger charge is 2.23. The number of ether oxygens (including phenoxy) is 6. The minimum Gasteiger partial charge on any atom is -0.494 e. The Morgan fingerprint density at radius 2 is 0.965 bits per heavy atom. The van der Waals surface area contributed by atoms with Gasteiger partial charge in [0.2, 0.25) is 17.7 Å². The van der Waals surface area contributed by atoms with E-state index >= 15 is 0 Å². The molecule has 0 bridgehead atoms. The highest BCUT2D eigenvalue weighted by Crippen LogP contribution is 2.25. The molecule has 0 aliphatic rings. The molecule has 7 amide bonds. The molecule has 4 rings (SSSR count). The molecule has 0 saturated heterocycles. The average Bonchev–Trinajstić information content (AvgIpc) is 3.63. The second-order valence-corrected chi connectivity index (χ2v) is 20.2. The number of anilines is 6. The van der Waals surface area contributed by atoms with Crippen LogP contribution in [0.25, 0.3) is 0 Å². The second-order valence-electron chi connectivity index (χ2n) is 20.2. The van der Waals surface area contributed by atoms with E-state index in [0.29, 0.717) is 73.1 Å². The Hall–Kier alpha value is -8.80. The highest BCUT2D eigenvalue weighted by molar-refractivity contribution is 5.99. The van der Waals surface area contributed by atoms with Crippen LogP contribution in [0.5, 0.6) is 11.5 Å². The maximum atomic E-state index is 12.9. The molecule has 0 aliphatic heterocycles. The Kier molecular flexibility index (Phi) is 35.1. The van der Waals surface area contributed by atoms with Crippen molar-refractivity contribution in [1.29, 1.82) is 0 Å². The third kappa shape index (κ3) is 36.4. The number of amides is 7. The van der Waals surface area contributed by atoms with Gasteiger partial charge in [0, 0.05) is 39.1 Å². The number of carbonyl (C=O) groups excluding carboxylic acids is 7. The van der Waals surface area contributed by atoms with Crippen molar-refractivity contribution in [2.75, 3.05) is 80.3 Å². The molecule has 24 heteroatoms. The largest absolute Gasteiger partial charge is 0.494 e. The Balaban J connectivity index is 0.00000135. The van der Waals surface area contributed by atoms with Gasteiger partial charge in [-0.25, -0.2) is 24.0 Å². The van der Waals surface area contributed by atoms with E-state index in [1.165, 1.54) is 18.9 Å². The topological polar surface area (TPSA) is 326 Å². The molecule has 0 spiro atoms. The lowest BCUT2D eigenvalue weighted by atomic mass is 10.1. The van der Waals surface area contributed by atoms with E-state index in [1.807, 2.05) is 38.1 Å². The summed E-state index contributed by atoms with van der Waals surface area (Å²) in [5.74, 6) is -0.693. The third-order valence-electron chi connectivity index (χ3n) is 10.6. The summed E-state index contributed by atoms with van der Waals surface area (Å²) < 4.78 is 44.1. The molecule has 472 valence electrons. The number of hydrogen-bond donors (Lipinski definition) is 9. The van der Waals surface area contributed by atoms with Crippen LogP contribution in [0.15, 0.2) is 97.1 Å². The van der Waals surface area contributed by atoms with Gasteiger partial charge < -0.3 is 70.7 Å². The number of hydrogen-bond acceptors (Lipinski definition) is 16. The zero-order valence-electron chi connectivity index (χ0n) is 52.7. The van der Waals surface area contributed by atoms with Crippen LogP contribution in [0.2, 0.25) is 0 Å². The molecule has 4 aromatic rings. The van der Waals surface area contributed by atoms with Crippen LogP contribution >= 0.6 is 0 Å². The van der Waals surface area contributed by atoms with Crippen LogP contribution in [0, 0.1) is 0 Å². The number of nitrogens with two attached hydrogens (primary N) is 1. The average molecular weight is 1200 g/mol. The number of alkyl carbamates (subject to hydrolysis) is 2. The number of carboxylic acid groups (broad SMARTS) is 1. The fourth-order valence-electron chi connectivity index (χ4n) is 6.68. The number of methoxy groups -OCH3 is 2. The number of nitrogen functional groups attached to an aromatic ring is 1. The van der Waals surface area contributed by atoms with Gasteiger partial charge in [-0.3, -0.25) is 25.0 Å². The van der Waals surface area contributed by atoms with Gasteiger partial charge in [-0.15, -0.1) is 0 Å². The molecule has 24 nitrogen and oxygen atoms in total. The van der Waals surface area contributed by atoms with Gasteiger partial charge in [-0.05, 0) is 150 Å². The van der Waals surface area contributed by atoms with Crippen molar-refractivity contribution >= 4 is 82.2 Å². The number of nitrogens with one attached hydrogen (secondary N) is 7. The molecule has 3 atom stereocenters. The fourth-order valence-corrected chi connectivity index (χ4v) is 6.68. The number of unbranched alkanes of at least 4 members (excludes halogenated alkanes) is 2. The first-order chi connectivity index (χ1) is 40.3. The molecule has 0 aromatic heterocycles. The molecule has 3 unspecified atom stereocenters. The first-order valence-electron chi connectivity index (χ1n) is 28.2. The van der Waals surface area contributed by atoms with E-state index in [2.05, 4.69) is 46.7 Å². The maximum Gasteiger partial charge on any atom is 0.412 e. The second kappa shape index (κ2) is 41.2. The molecule has 0 heterocycles. The molecule has 0 aliphatic carbocycles. The van der Waals surface area contributed by atoms with Gasteiger partial charge in [0.15, 0.2) is 0 Å². The van der Waals surface area contributed by atoms with Gasteiger partial charge in [-0.1, -0.05) is 63.6 Å². The molecule has 0 radical (unpaired) electrons. The number of carbonyl (C=O) groups is 8. The van der Waals surface area contributed by atoms with Crippen LogP contribution in [0.3, 0.4) is 0 Å². The predicted octanol–water partition coefficient (Wildman–Crippen LogP) is 11.5. The lowest BCUT2D eigenvalue weighted by Gasteiger charge is -2.20. The Bertz CT molecular complexity index is 2770. The van der Waals surface area contributed by atoms with Gasteiger partial charge >= 0.3 is 30.3 Å². The fraction of sp³-hybridized carbons (Fsp3) is 0.475. The minimum atomic E-state index is -1.17. The van der Waals surface area contributed by atoms with Crippen LogP contribution in [0.4, 0.5) is 53.3 Å². The van der Waals surface area contributed by atoms with E-state index in [-0.39, 0.29) is 44.9 Å². The summed E-state index contributed by atoms with van der Waals surface area (Å²) in [5.41, 5.74) is 7.13. The van der Waals surface area contributed by atoms with Crippen molar-refractivity contribution in [3.8, 4) is 11.5 Å². The van der Waals surface area contributed by atoms with Crippen molar-refractivity contribution in [2.45, 2.75) is 144 Å². The summed E-state index contributed by atoms with van der Waals surface area (Å²) in [7, 11) is 5.78. The number of aliphatic carboxylic acids is 1. The van der Waals surface area contributed by atoms with E-state index in [1.54, 1.807) is 128 Å². The van der Waals surface area contributed by atoms with Crippen molar-refractivity contribution < 1.29 is 74.6 Å². The lowest BCUT2D eigenvalue weighted by molar-refractivity contribution is -0.139. The first-order valence-corrected chi connectivity index (χ1v) is 27.2. The molecule has 4 aromatic carbocycles. The van der Waals surface area contributed by atoms with Gasteiger partial charge in [0.25, 0.3) is 0 Å². The number of carboxylic acids is 1. The Morgan fingerprint density at radius 3 is 1.34 bits per heavy atom. The maximum absolute atomic E-state index is 12.9. The number of nitrogens with zero attached hydrogens (tertiary/aromatic N) is 1. The summed E-state index contributed by atoms with van der Waals surface area (Å²) >= 11 is 0. The SMILES string of the molecule is C.CCOc1cccc(N)c1.CCOc1cccc(NC(=O)C(CCCCC(=O)Nc2ccccc2NC(=O)OC(C)(C)C)NC(=O)OC)c1.COC(=O)NC(CCCCC(=O)Nc1ccccc1NC(=O)OC(C)(C)C)C(=O)O.[2H]C([3H])(C)N(C)C. The van der Waals surface area contributed by atoms with Crippen molar-refractivity contribution in [3.63, 3.8) is 0 Å². The summed E-state index contributed by atoms with van der Waals surface area (Å²) in [6, 6.07) is 25.9. The Morgan fingerprint density at radius 1 is 0.576 bits per heavy atom. The quantitative estimate of drug-likeness (QED) is 0.0179. The van der Waals surface area contributed by atoms with Crippen molar-refractivity contribution in [1.82, 2.24) is 15.5 Å². The first kappa shape index (κ1) is 72.3.